The van der Waals surface area contributed by atoms with Crippen LogP contribution in [0.2, 0.25) is 0 Å². The molecule has 25 heavy (non-hydrogen) atoms. The van der Waals surface area contributed by atoms with Gasteiger partial charge in [0.05, 0.1) is 12.7 Å². The molecule has 1 atom stereocenters. The Balaban J connectivity index is 0.00000312. The number of hydrogen-bond acceptors (Lipinski definition) is 4. The Labute approximate surface area is 169 Å². The van der Waals surface area contributed by atoms with Crippen molar-refractivity contribution in [2.45, 2.75) is 52.5 Å². The predicted octanol–water partition coefficient (Wildman–Crippen LogP) is 2.99. The van der Waals surface area contributed by atoms with Gasteiger partial charge in [0.1, 0.15) is 5.76 Å². The Kier molecular flexibility index (Phi) is 9.20. The van der Waals surface area contributed by atoms with Crippen LogP contribution in [0, 0.1) is 5.92 Å². The van der Waals surface area contributed by atoms with Gasteiger partial charge in [0.25, 0.3) is 0 Å². The van der Waals surface area contributed by atoms with E-state index in [2.05, 4.69) is 53.2 Å². The van der Waals surface area contributed by atoms with Crippen LogP contribution in [0.5, 0.6) is 0 Å². The Morgan fingerprint density at radius 2 is 2.00 bits per heavy atom. The van der Waals surface area contributed by atoms with Crippen LogP contribution in [-0.4, -0.2) is 49.1 Å². The minimum Gasteiger partial charge on any atom is -0.443 e. The molecular formula is C18H34IN5O. The second kappa shape index (κ2) is 10.4. The maximum absolute atomic E-state index is 5.79. The average Bonchev–Trinajstić information content (AvgIpc) is 3.18. The zero-order valence-corrected chi connectivity index (χ0v) is 18.6. The van der Waals surface area contributed by atoms with Crippen molar-refractivity contribution in [1.82, 2.24) is 20.5 Å². The van der Waals surface area contributed by atoms with Gasteiger partial charge in [0.15, 0.2) is 5.96 Å². The highest BCUT2D eigenvalue weighted by Gasteiger charge is 2.19. The first kappa shape index (κ1) is 22.2. The molecule has 0 aliphatic carbocycles. The van der Waals surface area contributed by atoms with E-state index >= 15 is 0 Å². The van der Waals surface area contributed by atoms with Crippen molar-refractivity contribution in [1.29, 1.82) is 0 Å². The molecule has 1 aromatic rings. The number of halogens is 1. The highest BCUT2D eigenvalue weighted by Crippen LogP contribution is 2.22. The monoisotopic (exact) mass is 463 g/mol. The smallest absolute Gasteiger partial charge is 0.213 e. The summed E-state index contributed by atoms with van der Waals surface area (Å²) < 4.78 is 5.79. The highest BCUT2D eigenvalue weighted by molar-refractivity contribution is 14.0. The van der Waals surface area contributed by atoms with Crippen LogP contribution in [0.25, 0.3) is 0 Å². The van der Waals surface area contributed by atoms with E-state index < -0.39 is 0 Å². The van der Waals surface area contributed by atoms with Crippen molar-refractivity contribution in [2.75, 3.05) is 33.2 Å². The molecule has 0 aromatic carbocycles. The Hall–Kier alpha value is -0.830. The summed E-state index contributed by atoms with van der Waals surface area (Å²) in [6, 6.07) is 0. The first-order chi connectivity index (χ1) is 11.4. The van der Waals surface area contributed by atoms with Crippen LogP contribution >= 0.6 is 24.0 Å². The quantitative estimate of drug-likeness (QED) is 0.386. The summed E-state index contributed by atoms with van der Waals surface area (Å²) >= 11 is 0. The van der Waals surface area contributed by atoms with E-state index in [-0.39, 0.29) is 29.4 Å². The molecule has 2 rings (SSSR count). The molecule has 0 bridgehead atoms. The van der Waals surface area contributed by atoms with Gasteiger partial charge in [-0.25, -0.2) is 4.98 Å². The minimum absolute atomic E-state index is 0. The summed E-state index contributed by atoms with van der Waals surface area (Å²) in [6.45, 7) is 13.7. The normalized spacial score (nSPS) is 17.2. The largest absolute Gasteiger partial charge is 0.443 e. The van der Waals surface area contributed by atoms with E-state index in [9.17, 15) is 0 Å². The molecule has 1 fully saturated rings. The minimum atomic E-state index is -0.0177. The maximum atomic E-state index is 5.79. The molecule has 1 aliphatic heterocycles. The SMILES string of the molecule is CN=C(NCc1ncc(C(C)(C)C)o1)NCC(C)CN1CCCC1.I. The predicted molar refractivity (Wildman–Crippen MR) is 114 cm³/mol. The number of likely N-dealkylation sites (tertiary alicyclic amines) is 1. The Bertz CT molecular complexity index is 532. The fourth-order valence-corrected chi connectivity index (χ4v) is 2.86. The van der Waals surface area contributed by atoms with Gasteiger partial charge < -0.3 is 20.0 Å². The summed E-state index contributed by atoms with van der Waals surface area (Å²) in [4.78, 5) is 11.2. The van der Waals surface area contributed by atoms with E-state index in [0.717, 1.165) is 24.8 Å². The standard InChI is InChI=1S/C18H33N5O.HI/c1-14(13-23-8-6-7-9-23)10-21-17(19-5)22-12-16-20-11-15(24-16)18(2,3)4;/h11,14H,6-10,12-13H2,1-5H3,(H2,19,21,22);1H. The topological polar surface area (TPSA) is 65.7 Å². The van der Waals surface area contributed by atoms with Gasteiger partial charge in [-0.15, -0.1) is 24.0 Å². The van der Waals surface area contributed by atoms with Crippen LogP contribution < -0.4 is 10.6 Å². The summed E-state index contributed by atoms with van der Waals surface area (Å²) in [5.41, 5.74) is -0.0177. The molecule has 1 unspecified atom stereocenters. The number of oxazole rings is 1. The number of hydrogen-bond donors (Lipinski definition) is 2. The lowest BCUT2D eigenvalue weighted by molar-refractivity contribution is 0.287. The van der Waals surface area contributed by atoms with E-state index in [4.69, 9.17) is 4.42 Å². The fraction of sp³-hybridized carbons (Fsp3) is 0.778. The van der Waals surface area contributed by atoms with Crippen molar-refractivity contribution >= 4 is 29.9 Å². The van der Waals surface area contributed by atoms with Crippen molar-refractivity contribution in [3.63, 3.8) is 0 Å². The van der Waals surface area contributed by atoms with Crippen molar-refractivity contribution in [2.24, 2.45) is 10.9 Å². The van der Waals surface area contributed by atoms with E-state index in [1.165, 1.54) is 25.9 Å². The molecule has 1 aromatic heterocycles. The number of nitrogens with one attached hydrogen (secondary N) is 2. The first-order valence-electron chi connectivity index (χ1n) is 9.00. The zero-order chi connectivity index (χ0) is 17.6. The molecule has 6 nitrogen and oxygen atoms in total. The molecule has 0 saturated carbocycles. The second-order valence-electron chi connectivity index (χ2n) is 7.79. The molecule has 7 heteroatoms. The average molecular weight is 463 g/mol. The lowest BCUT2D eigenvalue weighted by Crippen LogP contribution is -2.41. The fourth-order valence-electron chi connectivity index (χ4n) is 2.86. The lowest BCUT2D eigenvalue weighted by Gasteiger charge is -2.21. The van der Waals surface area contributed by atoms with Gasteiger partial charge >= 0.3 is 0 Å². The summed E-state index contributed by atoms with van der Waals surface area (Å²) in [7, 11) is 1.79. The second-order valence-corrected chi connectivity index (χ2v) is 7.79. The third-order valence-corrected chi connectivity index (χ3v) is 4.31. The molecule has 0 spiro atoms. The summed E-state index contributed by atoms with van der Waals surface area (Å²) in [5, 5.41) is 6.66. The van der Waals surface area contributed by atoms with Gasteiger partial charge in [-0.1, -0.05) is 27.7 Å². The molecule has 144 valence electrons. The van der Waals surface area contributed by atoms with Gasteiger partial charge in [0, 0.05) is 25.6 Å². The molecular weight excluding hydrogens is 429 g/mol. The zero-order valence-electron chi connectivity index (χ0n) is 16.3. The van der Waals surface area contributed by atoms with Crippen LogP contribution in [0.1, 0.15) is 52.2 Å². The molecule has 1 aliphatic rings. The van der Waals surface area contributed by atoms with Crippen LogP contribution in [0.3, 0.4) is 0 Å². The van der Waals surface area contributed by atoms with Crippen molar-refractivity contribution in [3.05, 3.63) is 17.8 Å². The maximum Gasteiger partial charge on any atom is 0.213 e. The summed E-state index contributed by atoms with van der Waals surface area (Å²) in [6.07, 6.45) is 4.50. The van der Waals surface area contributed by atoms with Crippen LogP contribution in [0.4, 0.5) is 0 Å². The Morgan fingerprint density at radius 3 is 2.56 bits per heavy atom. The molecule has 0 radical (unpaired) electrons. The van der Waals surface area contributed by atoms with Crippen LogP contribution in [-0.2, 0) is 12.0 Å². The van der Waals surface area contributed by atoms with Crippen LogP contribution in [0.15, 0.2) is 15.6 Å². The molecule has 2 N–H and O–H groups in total. The molecule has 2 heterocycles. The van der Waals surface area contributed by atoms with Crippen molar-refractivity contribution < 1.29 is 4.42 Å². The number of rotatable bonds is 6. The third kappa shape index (κ3) is 7.52. The summed E-state index contributed by atoms with van der Waals surface area (Å²) in [5.74, 6) is 2.98. The van der Waals surface area contributed by atoms with E-state index in [0.29, 0.717) is 18.4 Å². The number of aliphatic imine (C=N–C) groups is 1. The van der Waals surface area contributed by atoms with Gasteiger partial charge in [-0.2, -0.15) is 0 Å². The van der Waals surface area contributed by atoms with Crippen molar-refractivity contribution in [3.8, 4) is 0 Å². The van der Waals surface area contributed by atoms with E-state index in [1.807, 2.05) is 6.20 Å². The third-order valence-electron chi connectivity index (χ3n) is 4.31. The molecule has 0 amide bonds. The van der Waals surface area contributed by atoms with Gasteiger partial charge in [-0.05, 0) is 31.8 Å². The van der Waals surface area contributed by atoms with Gasteiger partial charge in [-0.3, -0.25) is 4.99 Å². The highest BCUT2D eigenvalue weighted by atomic mass is 127. The first-order valence-corrected chi connectivity index (χ1v) is 9.00. The van der Waals surface area contributed by atoms with Gasteiger partial charge in [0.2, 0.25) is 5.89 Å². The number of aromatic nitrogens is 1. The molecule has 1 saturated heterocycles. The lowest BCUT2D eigenvalue weighted by atomic mass is 9.94. The Morgan fingerprint density at radius 1 is 1.32 bits per heavy atom. The number of guanidine groups is 1. The van der Waals surface area contributed by atoms with E-state index in [1.54, 1.807) is 7.05 Å². The number of nitrogens with zero attached hydrogens (tertiary/aromatic N) is 3.